The summed E-state index contributed by atoms with van der Waals surface area (Å²) in [5.41, 5.74) is 1.92. The maximum Gasteiger partial charge on any atom is 0.274 e. The van der Waals surface area contributed by atoms with Gasteiger partial charge in [-0.25, -0.2) is 4.98 Å². The van der Waals surface area contributed by atoms with Crippen LogP contribution < -0.4 is 15.4 Å². The minimum absolute atomic E-state index is 0.161. The Morgan fingerprint density at radius 1 is 1.00 bits per heavy atom. The van der Waals surface area contributed by atoms with E-state index in [1.165, 1.54) is 0 Å². The van der Waals surface area contributed by atoms with Crippen molar-refractivity contribution in [2.75, 3.05) is 12.4 Å². The molecule has 1 saturated carbocycles. The molecule has 3 aromatic rings. The molecular weight excluding hydrogens is 366 g/mol. The Morgan fingerprint density at radius 3 is 2.59 bits per heavy atom. The molecule has 0 bridgehead atoms. The molecule has 2 N–H and O–H groups in total. The lowest BCUT2D eigenvalue weighted by Gasteiger charge is -2.15. The quantitative estimate of drug-likeness (QED) is 0.686. The number of rotatable bonds is 5. The number of carbonyl (C=O) groups is 2. The molecule has 2 aromatic carbocycles. The van der Waals surface area contributed by atoms with Gasteiger partial charge in [-0.15, -0.1) is 0 Å². The molecule has 1 heterocycles. The Labute approximate surface area is 169 Å². The molecule has 29 heavy (non-hydrogen) atoms. The van der Waals surface area contributed by atoms with Crippen LogP contribution in [-0.2, 0) is 0 Å². The van der Waals surface area contributed by atoms with E-state index in [4.69, 9.17) is 4.74 Å². The van der Waals surface area contributed by atoms with Crippen LogP contribution in [0.2, 0.25) is 0 Å². The number of hydrogen-bond donors (Lipinski definition) is 2. The van der Waals surface area contributed by atoms with E-state index in [2.05, 4.69) is 15.6 Å². The molecule has 0 atom stereocenters. The van der Waals surface area contributed by atoms with Crippen LogP contribution in [0.3, 0.4) is 0 Å². The first-order chi connectivity index (χ1) is 14.1. The Morgan fingerprint density at radius 2 is 1.79 bits per heavy atom. The highest BCUT2D eigenvalue weighted by atomic mass is 16.5. The van der Waals surface area contributed by atoms with Gasteiger partial charge in [-0.3, -0.25) is 9.59 Å². The number of methoxy groups -OCH3 is 1. The summed E-state index contributed by atoms with van der Waals surface area (Å²) in [5, 5.41) is 6.79. The summed E-state index contributed by atoms with van der Waals surface area (Å²) in [7, 11) is 1.61. The van der Waals surface area contributed by atoms with Crippen molar-refractivity contribution in [1.82, 2.24) is 10.3 Å². The average Bonchev–Trinajstić information content (AvgIpc) is 3.26. The van der Waals surface area contributed by atoms with Crippen LogP contribution in [0.1, 0.15) is 46.5 Å². The predicted molar refractivity (Wildman–Crippen MR) is 112 cm³/mol. The Bertz CT molecular complexity index is 1060. The molecule has 4 rings (SSSR count). The smallest absolute Gasteiger partial charge is 0.274 e. The molecule has 0 saturated heterocycles. The number of para-hydroxylation sites is 1. The van der Waals surface area contributed by atoms with Gasteiger partial charge in [0.25, 0.3) is 11.8 Å². The summed E-state index contributed by atoms with van der Waals surface area (Å²) in [6, 6.07) is 16.2. The lowest BCUT2D eigenvalue weighted by Crippen LogP contribution is -2.33. The molecular formula is C23H23N3O3. The second kappa shape index (κ2) is 8.31. The second-order valence-electron chi connectivity index (χ2n) is 7.21. The minimum atomic E-state index is -0.358. The van der Waals surface area contributed by atoms with Gasteiger partial charge in [-0.2, -0.15) is 0 Å². The number of anilines is 1. The molecule has 0 spiro atoms. The van der Waals surface area contributed by atoms with E-state index in [1.807, 2.05) is 18.2 Å². The average molecular weight is 389 g/mol. The van der Waals surface area contributed by atoms with E-state index in [0.29, 0.717) is 16.8 Å². The van der Waals surface area contributed by atoms with Crippen LogP contribution in [0.4, 0.5) is 5.69 Å². The largest absolute Gasteiger partial charge is 0.497 e. The lowest BCUT2D eigenvalue weighted by molar-refractivity contribution is 0.0939. The molecule has 6 nitrogen and oxygen atoms in total. The van der Waals surface area contributed by atoms with E-state index in [0.717, 1.165) is 36.8 Å². The molecule has 1 aliphatic rings. The fourth-order valence-corrected chi connectivity index (χ4v) is 3.67. The van der Waals surface area contributed by atoms with E-state index >= 15 is 0 Å². The van der Waals surface area contributed by atoms with Crippen molar-refractivity contribution >= 4 is 28.4 Å². The summed E-state index contributed by atoms with van der Waals surface area (Å²) in [4.78, 5) is 29.9. The molecule has 0 unspecified atom stereocenters. The Hall–Kier alpha value is -3.41. The normalized spacial score (nSPS) is 14.0. The van der Waals surface area contributed by atoms with Crippen molar-refractivity contribution in [3.05, 3.63) is 65.9 Å². The van der Waals surface area contributed by atoms with Crippen LogP contribution in [0.15, 0.2) is 54.6 Å². The Balaban J connectivity index is 1.53. The number of amides is 2. The Kier molecular flexibility index (Phi) is 5.42. The maximum atomic E-state index is 12.8. The zero-order valence-electron chi connectivity index (χ0n) is 16.3. The number of carbonyl (C=O) groups excluding carboxylic acids is 2. The van der Waals surface area contributed by atoms with Gasteiger partial charge in [0.15, 0.2) is 0 Å². The van der Waals surface area contributed by atoms with Crippen molar-refractivity contribution in [2.45, 2.75) is 31.7 Å². The first-order valence-electron chi connectivity index (χ1n) is 9.80. The fraction of sp³-hybridized carbons (Fsp3) is 0.261. The van der Waals surface area contributed by atoms with Crippen molar-refractivity contribution in [1.29, 1.82) is 0 Å². The number of ether oxygens (including phenoxy) is 1. The number of benzene rings is 2. The summed E-state index contributed by atoms with van der Waals surface area (Å²) in [6.07, 6.45) is 4.30. The zero-order chi connectivity index (χ0) is 20.2. The predicted octanol–water partition coefficient (Wildman–Crippen LogP) is 4.17. The van der Waals surface area contributed by atoms with Crippen molar-refractivity contribution in [2.24, 2.45) is 0 Å². The summed E-state index contributed by atoms with van der Waals surface area (Å²) < 4.78 is 5.22. The van der Waals surface area contributed by atoms with Gasteiger partial charge in [-0.1, -0.05) is 31.0 Å². The number of fused-ring (bicyclic) bond motifs is 1. The third-order valence-electron chi connectivity index (χ3n) is 5.24. The standard InChI is InChI=1S/C23H23N3O3/c1-29-17-11-13-19-15(14-17)10-12-21(25-19)23(28)26-20-9-5-4-8-18(20)22(27)24-16-6-2-3-7-16/h4-5,8-14,16H,2-3,6-7H2,1H3,(H,24,27)(H,26,28). The molecule has 0 aliphatic heterocycles. The number of aromatic nitrogens is 1. The van der Waals surface area contributed by atoms with Crippen LogP contribution in [0.5, 0.6) is 5.75 Å². The summed E-state index contributed by atoms with van der Waals surface area (Å²) in [5.74, 6) is 0.217. The maximum absolute atomic E-state index is 12.8. The van der Waals surface area contributed by atoms with Gasteiger partial charge < -0.3 is 15.4 Å². The highest BCUT2D eigenvalue weighted by Crippen LogP contribution is 2.22. The first kappa shape index (κ1) is 18.9. The van der Waals surface area contributed by atoms with Crippen LogP contribution in [0, 0.1) is 0 Å². The van der Waals surface area contributed by atoms with E-state index in [1.54, 1.807) is 43.5 Å². The van der Waals surface area contributed by atoms with Gasteiger partial charge in [0.05, 0.1) is 23.9 Å². The van der Waals surface area contributed by atoms with E-state index in [9.17, 15) is 9.59 Å². The van der Waals surface area contributed by atoms with Gasteiger partial charge in [0, 0.05) is 11.4 Å². The van der Waals surface area contributed by atoms with Crippen molar-refractivity contribution < 1.29 is 14.3 Å². The molecule has 0 radical (unpaired) electrons. The minimum Gasteiger partial charge on any atom is -0.497 e. The van der Waals surface area contributed by atoms with Crippen LogP contribution >= 0.6 is 0 Å². The zero-order valence-corrected chi connectivity index (χ0v) is 16.3. The fourth-order valence-electron chi connectivity index (χ4n) is 3.67. The van der Waals surface area contributed by atoms with E-state index < -0.39 is 0 Å². The van der Waals surface area contributed by atoms with Gasteiger partial charge in [0.1, 0.15) is 11.4 Å². The van der Waals surface area contributed by atoms with Gasteiger partial charge in [-0.05, 0) is 49.2 Å². The van der Waals surface area contributed by atoms with Crippen molar-refractivity contribution in [3.8, 4) is 5.75 Å². The third-order valence-corrected chi connectivity index (χ3v) is 5.24. The molecule has 148 valence electrons. The van der Waals surface area contributed by atoms with Crippen molar-refractivity contribution in [3.63, 3.8) is 0 Å². The molecule has 1 fully saturated rings. The second-order valence-corrected chi connectivity index (χ2v) is 7.21. The van der Waals surface area contributed by atoms with Gasteiger partial charge in [0.2, 0.25) is 0 Å². The highest BCUT2D eigenvalue weighted by molar-refractivity contribution is 6.08. The number of nitrogens with one attached hydrogen (secondary N) is 2. The van der Waals surface area contributed by atoms with Gasteiger partial charge >= 0.3 is 0 Å². The third kappa shape index (κ3) is 4.21. The summed E-state index contributed by atoms with van der Waals surface area (Å²) in [6.45, 7) is 0. The molecule has 6 heteroatoms. The van der Waals surface area contributed by atoms with Crippen LogP contribution in [0.25, 0.3) is 10.9 Å². The van der Waals surface area contributed by atoms with E-state index in [-0.39, 0.29) is 23.6 Å². The topological polar surface area (TPSA) is 80.3 Å². The lowest BCUT2D eigenvalue weighted by atomic mass is 10.1. The molecule has 2 amide bonds. The summed E-state index contributed by atoms with van der Waals surface area (Å²) >= 11 is 0. The van der Waals surface area contributed by atoms with Crippen LogP contribution in [-0.4, -0.2) is 29.9 Å². The number of pyridine rings is 1. The number of nitrogens with zero attached hydrogens (tertiary/aromatic N) is 1. The molecule has 1 aliphatic carbocycles. The SMILES string of the molecule is COc1ccc2nc(C(=O)Nc3ccccc3C(=O)NC3CCCC3)ccc2c1. The highest BCUT2D eigenvalue weighted by Gasteiger charge is 2.20. The number of hydrogen-bond acceptors (Lipinski definition) is 4. The molecule has 1 aromatic heterocycles. The first-order valence-corrected chi connectivity index (χ1v) is 9.80. The monoisotopic (exact) mass is 389 g/mol.